The van der Waals surface area contributed by atoms with Crippen molar-refractivity contribution in [3.05, 3.63) is 94.8 Å². The zero-order valence-corrected chi connectivity index (χ0v) is 27.4. The Morgan fingerprint density at radius 2 is 0.875 bits per heavy atom. The number of benzene rings is 4. The van der Waals surface area contributed by atoms with Crippen molar-refractivity contribution in [3.8, 4) is 18.6 Å². The molecule has 0 saturated heterocycles. The molecule has 4 aromatic carbocycles. The summed E-state index contributed by atoms with van der Waals surface area (Å²) in [6, 6.07) is 32.4. The summed E-state index contributed by atoms with van der Waals surface area (Å²) >= 11 is 8.71. The molecule has 6 aromatic heterocycles. The van der Waals surface area contributed by atoms with E-state index in [2.05, 4.69) is 94.8 Å². The van der Waals surface area contributed by atoms with Crippen LogP contribution in [0.15, 0.2) is 94.8 Å². The van der Waals surface area contributed by atoms with E-state index in [0.29, 0.717) is 29.0 Å². The second-order valence-electron chi connectivity index (χ2n) is 10.2. The summed E-state index contributed by atoms with van der Waals surface area (Å²) in [5, 5.41) is 11.3. The second-order valence-corrected chi connectivity index (χ2v) is 18.1. The molecular weight excluding hydrogens is 695 g/mol. The Labute approximate surface area is 256 Å². The monoisotopic (exact) mass is 712 g/mol. The average Bonchev–Trinajstić information content (AvgIpc) is 3.80. The van der Waals surface area contributed by atoms with Crippen molar-refractivity contribution in [2.24, 2.45) is 0 Å². The number of hydrogen-bond donors (Lipinski definition) is 0. The van der Waals surface area contributed by atoms with Crippen LogP contribution in [0.4, 0.5) is 0 Å². The van der Waals surface area contributed by atoms with E-state index in [9.17, 15) is 0 Å². The Kier molecular flexibility index (Phi) is 4.92. The van der Waals surface area contributed by atoms with Gasteiger partial charge in [-0.3, -0.25) is 0 Å². The molecule has 0 spiro atoms. The Bertz CT molecular complexity index is 2430. The molecule has 0 radical (unpaired) electrons. The fraction of sp³-hybridized carbons (Fsp3) is 0. The van der Waals surface area contributed by atoms with Gasteiger partial charge in [-0.15, -0.1) is 0 Å². The van der Waals surface area contributed by atoms with Gasteiger partial charge in [0.2, 0.25) is 0 Å². The molecule has 0 fully saturated rings. The zero-order valence-electron chi connectivity index (χ0n) is 20.7. The summed E-state index contributed by atoms with van der Waals surface area (Å²) in [4.78, 5) is 7.75. The van der Waals surface area contributed by atoms with Gasteiger partial charge in [-0.1, -0.05) is 0 Å². The van der Waals surface area contributed by atoms with E-state index in [1.165, 1.54) is 89.9 Å². The molecule has 0 aliphatic rings. The Morgan fingerprint density at radius 3 is 1.38 bits per heavy atom. The van der Waals surface area contributed by atoms with Crippen molar-refractivity contribution in [1.29, 1.82) is 0 Å². The molecule has 0 aliphatic heterocycles. The number of hydrogen-bond acceptors (Lipinski definition) is 4. The van der Waals surface area contributed by atoms with E-state index in [1.54, 1.807) is 0 Å². The summed E-state index contributed by atoms with van der Waals surface area (Å²) in [5.74, 6) is 0. The first kappa shape index (κ1) is 23.1. The van der Waals surface area contributed by atoms with Crippen molar-refractivity contribution in [3.63, 3.8) is 0 Å². The Morgan fingerprint density at radius 1 is 0.400 bits per heavy atom. The van der Waals surface area contributed by atoms with Crippen LogP contribution in [0.2, 0.25) is 0 Å². The first-order valence-corrected chi connectivity index (χ1v) is 19.9. The molecule has 0 aliphatic carbocycles. The van der Waals surface area contributed by atoms with Gasteiger partial charge < -0.3 is 0 Å². The van der Waals surface area contributed by atoms with Crippen LogP contribution in [0, 0.1) is 0 Å². The maximum absolute atomic E-state index is 2.47. The van der Waals surface area contributed by atoms with Crippen LogP contribution in [-0.2, 0) is 0 Å². The van der Waals surface area contributed by atoms with Crippen molar-refractivity contribution >= 4 is 146 Å². The number of rotatable bonds is 2. The van der Waals surface area contributed by atoms with Gasteiger partial charge in [0.1, 0.15) is 0 Å². The number of fused-ring (bicyclic) bond motifs is 9. The van der Waals surface area contributed by atoms with Crippen LogP contribution in [0.3, 0.4) is 0 Å². The van der Waals surface area contributed by atoms with Gasteiger partial charge in [-0.05, 0) is 0 Å². The van der Waals surface area contributed by atoms with E-state index in [-0.39, 0.29) is 0 Å². The van der Waals surface area contributed by atoms with E-state index in [4.69, 9.17) is 0 Å². The molecular formula is C34H16S4Se2. The van der Waals surface area contributed by atoms with Gasteiger partial charge in [-0.2, -0.15) is 0 Å². The minimum absolute atomic E-state index is 0.409. The van der Waals surface area contributed by atoms with E-state index in [1.807, 2.05) is 45.3 Å². The molecule has 6 heterocycles. The van der Waals surface area contributed by atoms with E-state index >= 15 is 0 Å². The first-order chi connectivity index (χ1) is 19.8. The number of thiophene rings is 4. The van der Waals surface area contributed by atoms with E-state index < -0.39 is 0 Å². The summed E-state index contributed by atoms with van der Waals surface area (Å²) in [7, 11) is 0. The first-order valence-electron chi connectivity index (χ1n) is 13.0. The van der Waals surface area contributed by atoms with Gasteiger partial charge in [0.05, 0.1) is 0 Å². The molecule has 0 atom stereocenters. The van der Waals surface area contributed by atoms with Crippen molar-refractivity contribution in [2.45, 2.75) is 0 Å². The Hall–Kier alpha value is -2.50. The van der Waals surface area contributed by atoms with E-state index in [0.717, 1.165) is 0 Å². The summed E-state index contributed by atoms with van der Waals surface area (Å²) in [6.45, 7) is 0. The molecule has 0 unspecified atom stereocenters. The average molecular weight is 711 g/mol. The fourth-order valence-corrected chi connectivity index (χ4v) is 15.6. The molecule has 0 bridgehead atoms. The van der Waals surface area contributed by atoms with Gasteiger partial charge in [-0.25, -0.2) is 0 Å². The third-order valence-corrected chi connectivity index (χ3v) is 17.5. The molecule has 188 valence electrons. The SMILES string of the molecule is c1ccc2c(-c3cc4cc5sc6c7cc8sc(-c9[se]cc%10ccccc9%10)cc8cc7sc6c5cc4s3)[se]cc2c1. The molecule has 40 heavy (non-hydrogen) atoms. The molecule has 10 rings (SSSR count). The fourth-order valence-electron chi connectivity index (χ4n) is 5.91. The van der Waals surface area contributed by atoms with Crippen LogP contribution >= 0.6 is 45.3 Å². The Balaban J connectivity index is 1.13. The van der Waals surface area contributed by atoms with Crippen LogP contribution in [-0.4, -0.2) is 29.0 Å². The third-order valence-electron chi connectivity index (χ3n) is 7.82. The van der Waals surface area contributed by atoms with Crippen LogP contribution in [0.1, 0.15) is 0 Å². The van der Waals surface area contributed by atoms with Crippen molar-refractivity contribution < 1.29 is 0 Å². The van der Waals surface area contributed by atoms with Gasteiger partial charge in [0.15, 0.2) is 0 Å². The van der Waals surface area contributed by atoms with Crippen LogP contribution < -0.4 is 0 Å². The molecule has 10 aromatic rings. The normalized spacial score (nSPS) is 12.5. The van der Waals surface area contributed by atoms with Crippen molar-refractivity contribution in [2.75, 3.05) is 0 Å². The van der Waals surface area contributed by atoms with Crippen LogP contribution in [0.5, 0.6) is 0 Å². The molecule has 0 N–H and O–H groups in total. The third kappa shape index (κ3) is 3.28. The van der Waals surface area contributed by atoms with Gasteiger partial charge in [0, 0.05) is 0 Å². The summed E-state index contributed by atoms with van der Waals surface area (Å²) in [6.07, 6.45) is 0. The molecule has 0 saturated carbocycles. The van der Waals surface area contributed by atoms with Gasteiger partial charge >= 0.3 is 259 Å². The summed E-state index contributed by atoms with van der Waals surface area (Å²) in [5.41, 5.74) is 0. The van der Waals surface area contributed by atoms with Gasteiger partial charge in [0.25, 0.3) is 0 Å². The quantitative estimate of drug-likeness (QED) is 0.157. The maximum atomic E-state index is 2.47. The topological polar surface area (TPSA) is 0 Å². The van der Waals surface area contributed by atoms with Crippen molar-refractivity contribution in [1.82, 2.24) is 0 Å². The summed E-state index contributed by atoms with van der Waals surface area (Å²) < 4.78 is 11.6. The zero-order chi connectivity index (χ0) is 25.9. The predicted octanol–water partition coefficient (Wildman–Crippen LogP) is 11.5. The molecule has 0 amide bonds. The molecule has 0 nitrogen and oxygen atoms in total. The molecule has 6 heteroatoms. The standard InChI is InChI=1S/C34H16S4Se2/c1-3-7-21-17(5-1)15-39-33(21)29-11-19-9-27-23(13-25(19)35-29)31-32(37-27)24-14-26-20(10-28(24)38-31)12-30(36-26)34-22-8-4-2-6-18(22)16-40-34/h1-16H. The second kappa shape index (κ2) is 8.51. The predicted molar refractivity (Wildman–Crippen MR) is 185 cm³/mol. The minimum atomic E-state index is 0.409. The van der Waals surface area contributed by atoms with Crippen LogP contribution in [0.25, 0.3) is 89.9 Å².